The second kappa shape index (κ2) is 5.11. The summed E-state index contributed by atoms with van der Waals surface area (Å²) in [7, 11) is 0. The fraction of sp³-hybridized carbons (Fsp3) is 0. The van der Waals surface area contributed by atoms with Crippen LogP contribution in [0.5, 0.6) is 0 Å². The maximum absolute atomic E-state index is 11.5. The average molecular weight is 305 g/mol. The van der Waals surface area contributed by atoms with Crippen LogP contribution in [-0.2, 0) is 4.79 Å². The molecule has 1 amide bonds. The van der Waals surface area contributed by atoms with Crippen molar-refractivity contribution in [2.45, 2.75) is 0 Å². The van der Waals surface area contributed by atoms with Crippen molar-refractivity contribution in [3.63, 3.8) is 0 Å². The molecule has 3 rings (SSSR count). The molecule has 20 heavy (non-hydrogen) atoms. The number of furan rings is 1. The van der Waals surface area contributed by atoms with E-state index >= 15 is 0 Å². The van der Waals surface area contributed by atoms with Crippen molar-refractivity contribution in [3.8, 4) is 11.3 Å². The fourth-order valence-electron chi connectivity index (χ4n) is 1.82. The topological polar surface area (TPSA) is 54.3 Å². The summed E-state index contributed by atoms with van der Waals surface area (Å²) >= 11 is 10.7. The molecule has 1 saturated heterocycles. The molecule has 0 spiro atoms. The molecule has 0 aliphatic carbocycles. The molecule has 2 heterocycles. The lowest BCUT2D eigenvalue weighted by Gasteiger charge is -1.97. The summed E-state index contributed by atoms with van der Waals surface area (Å²) in [6.45, 7) is 0. The molecule has 0 saturated carbocycles. The third-order valence-electron chi connectivity index (χ3n) is 2.76. The molecular formula is C14H9ClN2O2S. The van der Waals surface area contributed by atoms with Crippen LogP contribution in [0.2, 0.25) is 5.02 Å². The van der Waals surface area contributed by atoms with Crippen molar-refractivity contribution < 1.29 is 9.21 Å². The zero-order valence-corrected chi connectivity index (χ0v) is 11.7. The van der Waals surface area contributed by atoms with Crippen LogP contribution in [0, 0.1) is 0 Å². The van der Waals surface area contributed by atoms with Gasteiger partial charge in [-0.3, -0.25) is 10.1 Å². The van der Waals surface area contributed by atoms with E-state index in [0.29, 0.717) is 27.4 Å². The number of thiocarbonyl (C=S) groups is 1. The van der Waals surface area contributed by atoms with E-state index in [0.717, 1.165) is 5.56 Å². The van der Waals surface area contributed by atoms with Crippen LogP contribution < -0.4 is 10.6 Å². The van der Waals surface area contributed by atoms with Gasteiger partial charge in [-0.2, -0.15) is 0 Å². The minimum absolute atomic E-state index is 0.264. The van der Waals surface area contributed by atoms with Crippen molar-refractivity contribution >= 4 is 40.9 Å². The Balaban J connectivity index is 1.87. The number of benzene rings is 1. The van der Waals surface area contributed by atoms with Gasteiger partial charge in [0.2, 0.25) is 0 Å². The van der Waals surface area contributed by atoms with Crippen molar-refractivity contribution in [3.05, 3.63) is 52.9 Å². The number of amides is 1. The van der Waals surface area contributed by atoms with Gasteiger partial charge in [0, 0.05) is 16.7 Å². The molecule has 2 N–H and O–H groups in total. The van der Waals surface area contributed by atoms with Gasteiger partial charge in [0.05, 0.1) is 0 Å². The van der Waals surface area contributed by atoms with Gasteiger partial charge in [0.1, 0.15) is 17.2 Å². The summed E-state index contributed by atoms with van der Waals surface area (Å²) in [5.41, 5.74) is 1.28. The van der Waals surface area contributed by atoms with Crippen LogP contribution in [0.1, 0.15) is 5.76 Å². The Hall–Kier alpha value is -2.11. The quantitative estimate of drug-likeness (QED) is 0.661. The standard InChI is InChI=1S/C14H9ClN2O2S/c15-9-3-1-8(2-4-9)12-6-5-10(19-12)7-11-13(18)17-14(20)16-11/h1-7H,(H2,16,17,18,20)/b11-7+. The van der Waals surface area contributed by atoms with E-state index in [-0.39, 0.29) is 5.91 Å². The lowest BCUT2D eigenvalue weighted by Crippen LogP contribution is -2.21. The summed E-state index contributed by atoms with van der Waals surface area (Å²) in [6, 6.07) is 10.9. The van der Waals surface area contributed by atoms with Crippen LogP contribution in [0.4, 0.5) is 0 Å². The zero-order chi connectivity index (χ0) is 14.1. The van der Waals surface area contributed by atoms with Gasteiger partial charge in [-0.05, 0) is 48.6 Å². The second-order valence-corrected chi connectivity index (χ2v) is 5.02. The Labute approximate surface area is 125 Å². The Morgan fingerprint density at radius 2 is 1.85 bits per heavy atom. The van der Waals surface area contributed by atoms with E-state index in [1.54, 1.807) is 24.3 Å². The summed E-state index contributed by atoms with van der Waals surface area (Å²) in [4.78, 5) is 11.5. The van der Waals surface area contributed by atoms with E-state index < -0.39 is 0 Å². The molecule has 1 aromatic carbocycles. The number of hydrogen-bond donors (Lipinski definition) is 2. The molecule has 100 valence electrons. The van der Waals surface area contributed by atoms with E-state index in [9.17, 15) is 4.79 Å². The minimum atomic E-state index is -0.264. The van der Waals surface area contributed by atoms with E-state index in [4.69, 9.17) is 28.2 Å². The first-order valence-corrected chi connectivity index (χ1v) is 6.60. The van der Waals surface area contributed by atoms with Gasteiger partial charge in [0.15, 0.2) is 5.11 Å². The minimum Gasteiger partial charge on any atom is -0.457 e. The highest BCUT2D eigenvalue weighted by Gasteiger charge is 2.20. The largest absolute Gasteiger partial charge is 0.457 e. The number of rotatable bonds is 2. The molecule has 4 nitrogen and oxygen atoms in total. The molecule has 2 aromatic rings. The average Bonchev–Trinajstić information content (AvgIpc) is 2.98. The Morgan fingerprint density at radius 1 is 1.10 bits per heavy atom. The molecule has 0 atom stereocenters. The molecule has 0 unspecified atom stereocenters. The molecule has 0 radical (unpaired) electrons. The summed E-state index contributed by atoms with van der Waals surface area (Å²) in [6.07, 6.45) is 1.61. The highest BCUT2D eigenvalue weighted by Crippen LogP contribution is 2.24. The SMILES string of the molecule is O=C1NC(=S)N/C1=C/c1ccc(-c2ccc(Cl)cc2)o1. The van der Waals surface area contributed by atoms with Gasteiger partial charge >= 0.3 is 0 Å². The molecule has 1 fully saturated rings. The first kappa shape index (κ1) is 12.9. The molecular weight excluding hydrogens is 296 g/mol. The smallest absolute Gasteiger partial charge is 0.274 e. The second-order valence-electron chi connectivity index (χ2n) is 4.18. The molecule has 1 aromatic heterocycles. The highest BCUT2D eigenvalue weighted by atomic mass is 35.5. The van der Waals surface area contributed by atoms with Crippen molar-refractivity contribution in [1.29, 1.82) is 0 Å². The monoisotopic (exact) mass is 304 g/mol. The lowest BCUT2D eigenvalue weighted by atomic mass is 10.2. The van der Waals surface area contributed by atoms with E-state index in [1.165, 1.54) is 0 Å². The maximum atomic E-state index is 11.5. The zero-order valence-electron chi connectivity index (χ0n) is 10.1. The van der Waals surface area contributed by atoms with E-state index in [2.05, 4.69) is 10.6 Å². The number of halogens is 1. The van der Waals surface area contributed by atoms with Crippen LogP contribution in [-0.4, -0.2) is 11.0 Å². The normalized spacial score (nSPS) is 16.4. The summed E-state index contributed by atoms with van der Waals surface area (Å²) < 4.78 is 5.67. The molecule has 0 bridgehead atoms. The van der Waals surface area contributed by atoms with Crippen LogP contribution in [0.15, 0.2) is 46.5 Å². The predicted octanol–water partition coefficient (Wildman–Crippen LogP) is 2.95. The molecule has 1 aliphatic rings. The molecule has 6 heteroatoms. The van der Waals surface area contributed by atoms with E-state index in [1.807, 2.05) is 18.2 Å². The predicted molar refractivity (Wildman–Crippen MR) is 81.0 cm³/mol. The Bertz CT molecular complexity index is 719. The number of carbonyl (C=O) groups is 1. The van der Waals surface area contributed by atoms with Gasteiger partial charge in [0.25, 0.3) is 5.91 Å². The third kappa shape index (κ3) is 2.59. The Kier molecular flexibility index (Phi) is 3.30. The lowest BCUT2D eigenvalue weighted by molar-refractivity contribution is -0.115. The first-order valence-electron chi connectivity index (χ1n) is 5.81. The Morgan fingerprint density at radius 3 is 2.50 bits per heavy atom. The van der Waals surface area contributed by atoms with Crippen LogP contribution in [0.25, 0.3) is 17.4 Å². The third-order valence-corrected chi connectivity index (χ3v) is 3.22. The molecule has 1 aliphatic heterocycles. The number of carbonyl (C=O) groups excluding carboxylic acids is 1. The first-order chi connectivity index (χ1) is 9.61. The number of hydrogen-bond acceptors (Lipinski definition) is 3. The van der Waals surface area contributed by atoms with Gasteiger partial charge in [-0.25, -0.2) is 0 Å². The maximum Gasteiger partial charge on any atom is 0.274 e. The van der Waals surface area contributed by atoms with Crippen LogP contribution >= 0.6 is 23.8 Å². The van der Waals surface area contributed by atoms with Crippen molar-refractivity contribution in [1.82, 2.24) is 10.6 Å². The van der Waals surface area contributed by atoms with Gasteiger partial charge < -0.3 is 9.73 Å². The van der Waals surface area contributed by atoms with Gasteiger partial charge in [-0.15, -0.1) is 0 Å². The highest BCUT2D eigenvalue weighted by molar-refractivity contribution is 7.80. The summed E-state index contributed by atoms with van der Waals surface area (Å²) in [5, 5.41) is 6.22. The van der Waals surface area contributed by atoms with Crippen molar-refractivity contribution in [2.75, 3.05) is 0 Å². The van der Waals surface area contributed by atoms with Crippen LogP contribution in [0.3, 0.4) is 0 Å². The van der Waals surface area contributed by atoms with Gasteiger partial charge in [-0.1, -0.05) is 11.6 Å². The number of nitrogens with one attached hydrogen (secondary N) is 2. The van der Waals surface area contributed by atoms with Crippen molar-refractivity contribution in [2.24, 2.45) is 0 Å². The fourth-order valence-corrected chi connectivity index (χ4v) is 2.15. The summed E-state index contributed by atoms with van der Waals surface area (Å²) in [5.74, 6) is 1.01.